The van der Waals surface area contributed by atoms with Gasteiger partial charge in [0.1, 0.15) is 17.3 Å². The molecule has 7 nitrogen and oxygen atoms in total. The molecule has 0 N–H and O–H groups in total. The van der Waals surface area contributed by atoms with Crippen LogP contribution < -0.4 is 4.90 Å². The van der Waals surface area contributed by atoms with Gasteiger partial charge in [0.2, 0.25) is 0 Å². The van der Waals surface area contributed by atoms with E-state index in [2.05, 4.69) is 21.8 Å². The van der Waals surface area contributed by atoms with Crippen LogP contribution >= 0.6 is 0 Å². The van der Waals surface area contributed by atoms with Gasteiger partial charge in [-0.25, -0.2) is 9.97 Å². The van der Waals surface area contributed by atoms with Gasteiger partial charge in [-0.2, -0.15) is 0 Å². The third-order valence-corrected chi connectivity index (χ3v) is 4.91. The average molecular weight is 348 g/mol. The molecule has 1 amide bonds. The lowest BCUT2D eigenvalue weighted by molar-refractivity contribution is -0.181. The van der Waals surface area contributed by atoms with E-state index in [0.717, 1.165) is 25.2 Å². The average Bonchev–Trinajstić information content (AvgIpc) is 3.07. The molecule has 1 aromatic rings. The fraction of sp³-hybridized carbons (Fsp3) is 0.722. The smallest absolute Gasteiger partial charge is 0.272 e. The number of hydrogen-bond donors (Lipinski definition) is 0. The molecule has 2 saturated heterocycles. The summed E-state index contributed by atoms with van der Waals surface area (Å²) in [5, 5.41) is 0. The number of piperidine rings is 1. The molecule has 0 atom stereocenters. The van der Waals surface area contributed by atoms with Crippen LogP contribution in [0.25, 0.3) is 0 Å². The summed E-state index contributed by atoms with van der Waals surface area (Å²) in [7, 11) is 2.01. The van der Waals surface area contributed by atoms with Crippen LogP contribution in [-0.4, -0.2) is 66.5 Å². The van der Waals surface area contributed by atoms with Gasteiger partial charge in [-0.15, -0.1) is 0 Å². The third-order valence-electron chi connectivity index (χ3n) is 4.91. The van der Waals surface area contributed by atoms with Crippen LogP contribution in [0.5, 0.6) is 0 Å². The quantitative estimate of drug-likeness (QED) is 0.811. The fourth-order valence-corrected chi connectivity index (χ4v) is 3.37. The van der Waals surface area contributed by atoms with Crippen molar-refractivity contribution < 1.29 is 14.3 Å². The summed E-state index contributed by atoms with van der Waals surface area (Å²) in [6, 6.07) is 1.80. The third kappa shape index (κ3) is 4.10. The standard InChI is InChI=1S/C18H28N4O3/c1-4-5-8-21(3)16-13-15(19-14(2)20-16)17(23)22-9-6-18(7-10-22)24-11-12-25-18/h13H,4-12H2,1-3H3. The number of likely N-dealkylation sites (tertiary alicyclic amines) is 1. The summed E-state index contributed by atoms with van der Waals surface area (Å²) >= 11 is 0. The number of carbonyl (C=O) groups excluding carboxylic acids is 1. The monoisotopic (exact) mass is 348 g/mol. The van der Waals surface area contributed by atoms with E-state index < -0.39 is 5.79 Å². The Kier molecular flexibility index (Phi) is 5.54. The van der Waals surface area contributed by atoms with Gasteiger partial charge in [0.25, 0.3) is 5.91 Å². The number of aryl methyl sites for hydroxylation is 1. The first-order chi connectivity index (χ1) is 12.0. The minimum absolute atomic E-state index is 0.0384. The van der Waals surface area contributed by atoms with Crippen molar-refractivity contribution in [3.8, 4) is 0 Å². The Balaban J connectivity index is 1.68. The Labute approximate surface area is 149 Å². The molecule has 2 aliphatic rings. The molecule has 0 aliphatic carbocycles. The number of anilines is 1. The Bertz CT molecular complexity index is 606. The van der Waals surface area contributed by atoms with E-state index in [1.165, 1.54) is 0 Å². The number of aromatic nitrogens is 2. The number of ether oxygens (including phenoxy) is 2. The van der Waals surface area contributed by atoms with Crippen molar-refractivity contribution in [2.45, 2.75) is 45.3 Å². The summed E-state index contributed by atoms with van der Waals surface area (Å²) < 4.78 is 11.5. The molecule has 0 unspecified atom stereocenters. The van der Waals surface area contributed by atoms with Crippen LogP contribution in [0.4, 0.5) is 5.82 Å². The first-order valence-corrected chi connectivity index (χ1v) is 9.17. The maximum absolute atomic E-state index is 12.9. The largest absolute Gasteiger partial charge is 0.360 e. The lowest BCUT2D eigenvalue weighted by Crippen LogP contribution is -2.47. The van der Waals surface area contributed by atoms with Gasteiger partial charge in [-0.3, -0.25) is 4.79 Å². The summed E-state index contributed by atoms with van der Waals surface area (Å²) in [6.45, 7) is 7.46. The molecule has 25 heavy (non-hydrogen) atoms. The molecule has 3 rings (SSSR count). The van der Waals surface area contributed by atoms with Crippen LogP contribution in [0, 0.1) is 6.92 Å². The van der Waals surface area contributed by atoms with Crippen LogP contribution in [0.3, 0.4) is 0 Å². The highest BCUT2D eigenvalue weighted by Crippen LogP contribution is 2.31. The molecule has 0 radical (unpaired) electrons. The number of amides is 1. The van der Waals surface area contributed by atoms with Gasteiger partial charge < -0.3 is 19.3 Å². The SMILES string of the molecule is CCCCN(C)c1cc(C(=O)N2CCC3(CC2)OCCO3)nc(C)n1. The topological polar surface area (TPSA) is 67.8 Å². The van der Waals surface area contributed by atoms with Gasteiger partial charge in [0.05, 0.1) is 13.2 Å². The van der Waals surface area contributed by atoms with Gasteiger partial charge >= 0.3 is 0 Å². The molecule has 7 heteroatoms. The predicted octanol–water partition coefficient (Wildman–Crippen LogP) is 2.00. The normalized spacial score (nSPS) is 19.4. The second-order valence-corrected chi connectivity index (χ2v) is 6.83. The van der Waals surface area contributed by atoms with Crippen LogP contribution in [-0.2, 0) is 9.47 Å². The number of unbranched alkanes of at least 4 members (excludes halogenated alkanes) is 1. The zero-order chi connectivity index (χ0) is 17.9. The van der Waals surface area contributed by atoms with E-state index >= 15 is 0 Å². The minimum Gasteiger partial charge on any atom is -0.360 e. The highest BCUT2D eigenvalue weighted by atomic mass is 16.7. The first-order valence-electron chi connectivity index (χ1n) is 9.17. The van der Waals surface area contributed by atoms with Crippen molar-refractivity contribution in [1.29, 1.82) is 0 Å². The second-order valence-electron chi connectivity index (χ2n) is 6.83. The van der Waals surface area contributed by atoms with E-state index in [4.69, 9.17) is 9.47 Å². The highest BCUT2D eigenvalue weighted by Gasteiger charge is 2.41. The highest BCUT2D eigenvalue weighted by molar-refractivity contribution is 5.93. The van der Waals surface area contributed by atoms with E-state index in [9.17, 15) is 4.79 Å². The Morgan fingerprint density at radius 1 is 1.28 bits per heavy atom. The maximum Gasteiger partial charge on any atom is 0.272 e. The summed E-state index contributed by atoms with van der Waals surface area (Å²) in [4.78, 5) is 25.6. The van der Waals surface area contributed by atoms with Crippen LogP contribution in [0.1, 0.15) is 48.9 Å². The van der Waals surface area contributed by atoms with Crippen molar-refractivity contribution >= 4 is 11.7 Å². The molecule has 138 valence electrons. The summed E-state index contributed by atoms with van der Waals surface area (Å²) in [5.74, 6) is 0.924. The molecule has 0 bridgehead atoms. The molecule has 1 spiro atoms. The maximum atomic E-state index is 12.9. The molecule has 1 aromatic heterocycles. The first kappa shape index (κ1) is 18.1. The lowest BCUT2D eigenvalue weighted by Gasteiger charge is -2.37. The predicted molar refractivity (Wildman–Crippen MR) is 94.7 cm³/mol. The fourth-order valence-electron chi connectivity index (χ4n) is 3.37. The van der Waals surface area contributed by atoms with E-state index in [1.807, 2.05) is 18.9 Å². The zero-order valence-corrected chi connectivity index (χ0v) is 15.5. The molecular formula is C18H28N4O3. The molecule has 0 saturated carbocycles. The van der Waals surface area contributed by atoms with Crippen LogP contribution in [0.2, 0.25) is 0 Å². The van der Waals surface area contributed by atoms with Crippen molar-refractivity contribution in [2.75, 3.05) is 44.8 Å². The number of rotatable bonds is 5. The van der Waals surface area contributed by atoms with Gasteiger partial charge in [-0.1, -0.05) is 13.3 Å². The molecule has 2 aliphatic heterocycles. The second kappa shape index (κ2) is 7.66. The molecular weight excluding hydrogens is 320 g/mol. The van der Waals surface area contributed by atoms with Crippen LogP contribution in [0.15, 0.2) is 6.07 Å². The number of hydrogen-bond acceptors (Lipinski definition) is 6. The van der Waals surface area contributed by atoms with Crippen molar-refractivity contribution in [3.05, 3.63) is 17.6 Å². The number of carbonyl (C=O) groups is 1. The Morgan fingerprint density at radius 3 is 2.60 bits per heavy atom. The van der Waals surface area contributed by atoms with Gasteiger partial charge in [0.15, 0.2) is 5.79 Å². The minimum atomic E-state index is -0.468. The van der Waals surface area contributed by atoms with Gasteiger partial charge in [-0.05, 0) is 13.3 Å². The lowest BCUT2D eigenvalue weighted by atomic mass is 10.0. The Morgan fingerprint density at radius 2 is 1.96 bits per heavy atom. The number of nitrogens with zero attached hydrogens (tertiary/aromatic N) is 4. The van der Waals surface area contributed by atoms with E-state index in [-0.39, 0.29) is 5.91 Å². The zero-order valence-electron chi connectivity index (χ0n) is 15.5. The van der Waals surface area contributed by atoms with Gasteiger partial charge in [0, 0.05) is 45.6 Å². The van der Waals surface area contributed by atoms with Crippen molar-refractivity contribution in [1.82, 2.24) is 14.9 Å². The van der Waals surface area contributed by atoms with E-state index in [0.29, 0.717) is 50.7 Å². The van der Waals surface area contributed by atoms with E-state index in [1.54, 1.807) is 6.07 Å². The van der Waals surface area contributed by atoms with Crippen molar-refractivity contribution in [3.63, 3.8) is 0 Å². The molecule has 3 heterocycles. The molecule has 0 aromatic carbocycles. The van der Waals surface area contributed by atoms with Crippen molar-refractivity contribution in [2.24, 2.45) is 0 Å². The summed E-state index contributed by atoms with van der Waals surface area (Å²) in [5.41, 5.74) is 0.468. The Hall–Kier alpha value is -1.73. The summed E-state index contributed by atoms with van der Waals surface area (Å²) in [6.07, 6.45) is 3.65. The molecule has 2 fully saturated rings.